The molecule has 0 saturated carbocycles. The van der Waals surface area contributed by atoms with Gasteiger partial charge in [0, 0.05) is 19.0 Å². The van der Waals surface area contributed by atoms with Crippen molar-refractivity contribution in [3.8, 4) is 17.2 Å². The van der Waals surface area contributed by atoms with E-state index in [1.165, 1.54) is 26.3 Å². The lowest BCUT2D eigenvalue weighted by atomic mass is 9.95. The molecule has 3 aromatic rings. The van der Waals surface area contributed by atoms with Crippen molar-refractivity contribution >= 4 is 21.6 Å². The van der Waals surface area contributed by atoms with Gasteiger partial charge in [0.2, 0.25) is 0 Å². The normalized spacial score (nSPS) is 13.9. The molecule has 1 aliphatic heterocycles. The van der Waals surface area contributed by atoms with Gasteiger partial charge < -0.3 is 19.5 Å². The van der Waals surface area contributed by atoms with Crippen molar-refractivity contribution in [2.45, 2.75) is 38.1 Å². The highest BCUT2D eigenvalue weighted by molar-refractivity contribution is 7.92. The minimum Gasteiger partial charge on any atom is -0.495 e. The Labute approximate surface area is 224 Å². The van der Waals surface area contributed by atoms with E-state index in [1.807, 2.05) is 32.0 Å². The summed E-state index contributed by atoms with van der Waals surface area (Å²) < 4.78 is 45.1. The average molecular weight is 539 g/mol. The molecule has 1 atom stereocenters. The predicted molar refractivity (Wildman–Crippen MR) is 147 cm³/mol. The lowest BCUT2D eigenvalue weighted by molar-refractivity contribution is 0.0924. The lowest BCUT2D eigenvalue weighted by Gasteiger charge is -2.25. The smallest absolute Gasteiger partial charge is 0.264 e. The van der Waals surface area contributed by atoms with E-state index >= 15 is 0 Å². The van der Waals surface area contributed by atoms with Gasteiger partial charge in [-0.05, 0) is 60.4 Å². The van der Waals surface area contributed by atoms with Crippen molar-refractivity contribution in [3.05, 3.63) is 77.4 Å². The summed E-state index contributed by atoms with van der Waals surface area (Å²) in [4.78, 5) is 13.5. The number of carbonyl (C=O) groups is 1. The van der Waals surface area contributed by atoms with Crippen LogP contribution in [0.15, 0.2) is 65.6 Å². The van der Waals surface area contributed by atoms with Crippen molar-refractivity contribution in [2.75, 3.05) is 31.7 Å². The van der Waals surface area contributed by atoms with Crippen LogP contribution in [-0.4, -0.2) is 41.7 Å². The van der Waals surface area contributed by atoms with Gasteiger partial charge in [0.05, 0.1) is 36.9 Å². The molecule has 9 heteroatoms. The number of ether oxygens (including phenoxy) is 3. The zero-order valence-electron chi connectivity index (χ0n) is 22.4. The molecule has 0 spiro atoms. The summed E-state index contributed by atoms with van der Waals surface area (Å²) in [5.41, 5.74) is 2.24. The molecule has 1 unspecified atom stereocenters. The summed E-state index contributed by atoms with van der Waals surface area (Å²) in [6.45, 7) is 6.99. The van der Waals surface area contributed by atoms with Crippen LogP contribution in [-0.2, 0) is 10.0 Å². The molecule has 3 aromatic carbocycles. The third-order valence-electron chi connectivity index (χ3n) is 6.62. The molecule has 4 rings (SSSR count). The fraction of sp³-hybridized carbons (Fsp3) is 0.345. The molecule has 202 valence electrons. The number of benzene rings is 3. The summed E-state index contributed by atoms with van der Waals surface area (Å²) in [5.74, 6) is 1.48. The van der Waals surface area contributed by atoms with E-state index in [9.17, 15) is 13.2 Å². The van der Waals surface area contributed by atoms with Gasteiger partial charge in [0.15, 0.2) is 11.5 Å². The molecule has 1 heterocycles. The maximum absolute atomic E-state index is 13.5. The second kappa shape index (κ2) is 11.3. The number of carbonyl (C=O) groups excluding carboxylic acids is 1. The van der Waals surface area contributed by atoms with Gasteiger partial charge in [-0.15, -0.1) is 0 Å². The molecule has 0 bridgehead atoms. The number of aryl methyl sites for hydroxylation is 1. The first-order chi connectivity index (χ1) is 18.1. The van der Waals surface area contributed by atoms with Crippen LogP contribution in [0.4, 0.5) is 5.69 Å². The number of nitrogens with one attached hydrogen (secondary N) is 1. The van der Waals surface area contributed by atoms with Crippen molar-refractivity contribution in [2.24, 2.45) is 5.92 Å². The first kappa shape index (κ1) is 27.3. The maximum atomic E-state index is 13.5. The number of methoxy groups -OCH3 is 1. The monoisotopic (exact) mass is 538 g/mol. The van der Waals surface area contributed by atoms with Crippen molar-refractivity contribution in [3.63, 3.8) is 0 Å². The lowest BCUT2D eigenvalue weighted by Crippen LogP contribution is -2.32. The van der Waals surface area contributed by atoms with E-state index in [-0.39, 0.29) is 22.8 Å². The second-order valence-corrected chi connectivity index (χ2v) is 11.5. The minimum atomic E-state index is -3.97. The highest BCUT2D eigenvalue weighted by Crippen LogP contribution is 2.35. The van der Waals surface area contributed by atoms with Crippen molar-refractivity contribution < 1.29 is 27.4 Å². The molecular formula is C29H34N2O6S. The van der Waals surface area contributed by atoms with Gasteiger partial charge in [-0.3, -0.25) is 9.10 Å². The molecule has 1 aliphatic rings. The molecule has 0 radical (unpaired) electrons. The molecule has 1 N–H and O–H groups in total. The fourth-order valence-corrected chi connectivity index (χ4v) is 5.64. The van der Waals surface area contributed by atoms with Crippen LogP contribution in [0.1, 0.15) is 47.8 Å². The van der Waals surface area contributed by atoms with Crippen molar-refractivity contribution in [1.29, 1.82) is 0 Å². The zero-order chi connectivity index (χ0) is 27.4. The molecule has 1 amide bonds. The minimum absolute atomic E-state index is 0.0123. The summed E-state index contributed by atoms with van der Waals surface area (Å²) >= 11 is 0. The Hall–Kier alpha value is -3.72. The Bertz CT molecular complexity index is 1420. The first-order valence-corrected chi connectivity index (χ1v) is 14.0. The fourth-order valence-electron chi connectivity index (χ4n) is 4.41. The highest BCUT2D eigenvalue weighted by Gasteiger charge is 2.27. The van der Waals surface area contributed by atoms with E-state index < -0.39 is 10.0 Å². The van der Waals surface area contributed by atoms with Crippen molar-refractivity contribution in [1.82, 2.24) is 5.32 Å². The van der Waals surface area contributed by atoms with Gasteiger partial charge in [0.1, 0.15) is 5.75 Å². The first-order valence-electron chi connectivity index (χ1n) is 12.6. The third kappa shape index (κ3) is 5.57. The zero-order valence-corrected chi connectivity index (χ0v) is 23.2. The SMILES string of the molecule is COc1ccccc1N(C)S(=O)(=O)c1ccc(C)c(C(=O)NC(c2ccc3c(c2)OCCCO3)C(C)C)c1. The molecule has 38 heavy (non-hydrogen) atoms. The van der Waals surface area contributed by atoms with E-state index in [4.69, 9.17) is 14.2 Å². The van der Waals surface area contributed by atoms with Crippen LogP contribution in [0.25, 0.3) is 0 Å². The van der Waals surface area contributed by atoms with E-state index in [0.717, 1.165) is 16.3 Å². The van der Waals surface area contributed by atoms with Crippen LogP contribution in [0.5, 0.6) is 17.2 Å². The summed E-state index contributed by atoms with van der Waals surface area (Å²) in [7, 11) is -1.01. The number of amides is 1. The molecule has 8 nitrogen and oxygen atoms in total. The summed E-state index contributed by atoms with van der Waals surface area (Å²) in [6.07, 6.45) is 0.805. The van der Waals surface area contributed by atoms with Gasteiger partial charge in [-0.1, -0.05) is 38.1 Å². The van der Waals surface area contributed by atoms with Crippen LogP contribution < -0.4 is 23.8 Å². The summed E-state index contributed by atoms with van der Waals surface area (Å²) in [5, 5.41) is 3.11. The number of sulfonamides is 1. The standard InChI is InChI=1S/C29H34N2O6S/c1-19(2)28(21-12-14-26-27(17-21)37-16-8-15-36-26)30-29(32)23-18-22(13-11-20(23)3)38(33,34)31(4)24-9-6-7-10-25(24)35-5/h6-7,9-14,17-19,28H,8,15-16H2,1-5H3,(H,30,32). The van der Waals surface area contributed by atoms with Crippen LogP contribution in [0.3, 0.4) is 0 Å². The third-order valence-corrected chi connectivity index (χ3v) is 8.39. The Morgan fingerprint density at radius 1 is 1.00 bits per heavy atom. The summed E-state index contributed by atoms with van der Waals surface area (Å²) in [6, 6.07) is 16.8. The predicted octanol–water partition coefficient (Wildman–Crippen LogP) is 5.12. The average Bonchev–Trinajstić information content (AvgIpc) is 3.16. The van der Waals surface area contributed by atoms with Gasteiger partial charge in [-0.25, -0.2) is 8.42 Å². The Morgan fingerprint density at radius 3 is 2.42 bits per heavy atom. The van der Waals surface area contributed by atoms with E-state index in [1.54, 1.807) is 37.3 Å². The van der Waals surface area contributed by atoms with Crippen LogP contribution in [0.2, 0.25) is 0 Å². The van der Waals surface area contributed by atoms with Crippen LogP contribution in [0, 0.1) is 12.8 Å². The van der Waals surface area contributed by atoms with Gasteiger partial charge >= 0.3 is 0 Å². The number of hydrogen-bond donors (Lipinski definition) is 1. The molecule has 0 aromatic heterocycles. The largest absolute Gasteiger partial charge is 0.495 e. The quantitative estimate of drug-likeness (QED) is 0.428. The number of anilines is 1. The van der Waals surface area contributed by atoms with E-state index in [0.29, 0.717) is 47.3 Å². The highest BCUT2D eigenvalue weighted by atomic mass is 32.2. The molecular weight excluding hydrogens is 504 g/mol. The maximum Gasteiger partial charge on any atom is 0.264 e. The topological polar surface area (TPSA) is 94.2 Å². The second-order valence-electron chi connectivity index (χ2n) is 9.57. The Morgan fingerprint density at radius 2 is 1.71 bits per heavy atom. The number of hydrogen-bond acceptors (Lipinski definition) is 6. The molecule has 0 aliphatic carbocycles. The van der Waals surface area contributed by atoms with Gasteiger partial charge in [-0.2, -0.15) is 0 Å². The number of nitrogens with zero attached hydrogens (tertiary/aromatic N) is 1. The Balaban J connectivity index is 1.63. The molecule has 0 saturated heterocycles. The van der Waals surface area contributed by atoms with Gasteiger partial charge in [0.25, 0.3) is 15.9 Å². The molecule has 0 fully saturated rings. The Kier molecular flexibility index (Phi) is 8.16. The van der Waals surface area contributed by atoms with E-state index in [2.05, 4.69) is 5.32 Å². The number of rotatable bonds is 8. The van der Waals surface area contributed by atoms with Crippen LogP contribution >= 0.6 is 0 Å². The number of fused-ring (bicyclic) bond motifs is 1. The number of para-hydroxylation sites is 2.